The first-order chi connectivity index (χ1) is 16.3. The maximum Gasteiger partial charge on any atom is 0.257 e. The molecule has 2 aliphatic rings. The second-order valence-electron chi connectivity index (χ2n) is 9.65. The first-order valence-corrected chi connectivity index (χ1v) is 13.4. The summed E-state index contributed by atoms with van der Waals surface area (Å²) in [6.45, 7) is 7.95. The number of pyridine rings is 1. The lowest BCUT2D eigenvalue weighted by Crippen LogP contribution is -2.38. The number of likely N-dealkylation sites (tertiary alicyclic amines) is 1. The molecule has 0 N–H and O–H groups in total. The lowest BCUT2D eigenvalue weighted by Gasteiger charge is -2.31. The molecule has 3 aromatic rings. The largest absolute Gasteiger partial charge is 0.360 e. The van der Waals surface area contributed by atoms with Gasteiger partial charge >= 0.3 is 0 Å². The molecule has 0 spiro atoms. The van der Waals surface area contributed by atoms with Gasteiger partial charge in [0.15, 0.2) is 5.76 Å². The monoisotopic (exact) mass is 485 g/mol. The Morgan fingerprint density at radius 1 is 1.09 bits per heavy atom. The van der Waals surface area contributed by atoms with Crippen molar-refractivity contribution in [3.63, 3.8) is 0 Å². The molecule has 182 valence electrons. The summed E-state index contributed by atoms with van der Waals surface area (Å²) in [6.07, 6.45) is 7.04. The smallest absolute Gasteiger partial charge is 0.257 e. The van der Waals surface area contributed by atoms with Crippen LogP contribution in [0.15, 0.2) is 33.9 Å². The van der Waals surface area contributed by atoms with Crippen LogP contribution in [0, 0.1) is 19.8 Å². The predicted octanol–water partition coefficient (Wildman–Crippen LogP) is 3.38. The summed E-state index contributed by atoms with van der Waals surface area (Å²) in [5, 5.41) is 8.20. The van der Waals surface area contributed by atoms with Crippen LogP contribution < -0.4 is 0 Å². The van der Waals surface area contributed by atoms with Gasteiger partial charge in [-0.25, -0.2) is 12.9 Å². The molecular weight excluding hydrogens is 454 g/mol. The fourth-order valence-electron chi connectivity index (χ4n) is 5.20. The Balaban J connectivity index is 1.33. The molecule has 0 radical (unpaired) electrons. The molecule has 0 saturated carbocycles. The molecule has 34 heavy (non-hydrogen) atoms. The first kappa shape index (κ1) is 23.0. The Bertz CT molecular complexity index is 1290. The van der Waals surface area contributed by atoms with Crippen molar-refractivity contribution in [2.24, 2.45) is 5.92 Å². The van der Waals surface area contributed by atoms with E-state index in [-0.39, 0.29) is 16.7 Å². The summed E-state index contributed by atoms with van der Waals surface area (Å²) in [5.41, 5.74) is 2.96. The Morgan fingerprint density at radius 3 is 2.44 bits per heavy atom. The van der Waals surface area contributed by atoms with Gasteiger partial charge in [-0.3, -0.25) is 4.79 Å². The molecule has 0 atom stereocenters. The molecule has 1 amide bonds. The van der Waals surface area contributed by atoms with E-state index in [4.69, 9.17) is 4.52 Å². The number of piperidine rings is 2. The van der Waals surface area contributed by atoms with Crippen LogP contribution in [-0.2, 0) is 10.0 Å². The number of hydrogen-bond acceptors (Lipinski definition) is 6. The third-order valence-corrected chi connectivity index (χ3v) is 9.48. The number of aryl methyl sites for hydroxylation is 2. The minimum Gasteiger partial charge on any atom is -0.360 e. The number of sulfonamides is 1. The highest BCUT2D eigenvalue weighted by atomic mass is 32.2. The van der Waals surface area contributed by atoms with Gasteiger partial charge in [0.1, 0.15) is 10.6 Å². The van der Waals surface area contributed by atoms with E-state index in [2.05, 4.69) is 23.2 Å². The molecule has 2 fully saturated rings. The van der Waals surface area contributed by atoms with E-state index in [9.17, 15) is 13.2 Å². The first-order valence-electron chi connectivity index (χ1n) is 12.0. The van der Waals surface area contributed by atoms with E-state index in [1.54, 1.807) is 24.6 Å². The van der Waals surface area contributed by atoms with Gasteiger partial charge in [0.25, 0.3) is 5.91 Å². The van der Waals surface area contributed by atoms with Crippen LogP contribution in [0.2, 0.25) is 0 Å². The molecule has 5 rings (SSSR count). The molecule has 0 aromatic carbocycles. The van der Waals surface area contributed by atoms with Gasteiger partial charge in [-0.15, -0.1) is 0 Å². The Morgan fingerprint density at radius 2 is 1.79 bits per heavy atom. The van der Waals surface area contributed by atoms with Crippen LogP contribution in [-0.4, -0.2) is 64.5 Å². The molecule has 9 nitrogen and oxygen atoms in total. The minimum atomic E-state index is -3.63. The van der Waals surface area contributed by atoms with E-state index < -0.39 is 10.0 Å². The number of nitrogens with zero attached hydrogens (tertiary/aromatic N) is 5. The third kappa shape index (κ3) is 4.02. The summed E-state index contributed by atoms with van der Waals surface area (Å²) >= 11 is 0. The van der Waals surface area contributed by atoms with Crippen molar-refractivity contribution in [3.05, 3.63) is 47.1 Å². The van der Waals surface area contributed by atoms with E-state index in [0.29, 0.717) is 48.9 Å². The number of rotatable bonds is 4. The predicted molar refractivity (Wildman–Crippen MR) is 126 cm³/mol. The van der Waals surface area contributed by atoms with E-state index >= 15 is 0 Å². The highest BCUT2D eigenvalue weighted by Gasteiger charge is 2.34. The van der Waals surface area contributed by atoms with Gasteiger partial charge in [0.2, 0.25) is 10.0 Å². The van der Waals surface area contributed by atoms with E-state index in [1.165, 1.54) is 4.31 Å². The molecule has 2 aliphatic heterocycles. The van der Waals surface area contributed by atoms with Gasteiger partial charge in [-0.05, 0) is 69.1 Å². The zero-order chi connectivity index (χ0) is 24.0. The number of amides is 1. The van der Waals surface area contributed by atoms with Gasteiger partial charge in [0.05, 0.1) is 17.3 Å². The van der Waals surface area contributed by atoms with Crippen LogP contribution in [0.4, 0.5) is 0 Å². The number of carbonyl (C=O) groups excluding carboxylic acids is 1. The Kier molecular flexibility index (Phi) is 5.97. The standard InChI is InChI=1S/C24H31N5O4S/c1-16-4-9-27(10-5-16)24(30)21-15-25-29-13-8-20(14-22(21)29)19-6-11-28(12-7-19)34(31,32)23-17(2)26-33-18(23)3/h8,13-16,19H,4-7,9-12H2,1-3H3. The second-order valence-corrected chi connectivity index (χ2v) is 11.5. The van der Waals surface area contributed by atoms with E-state index in [0.717, 1.165) is 37.0 Å². The van der Waals surface area contributed by atoms with Crippen LogP contribution in [0.25, 0.3) is 5.52 Å². The fraction of sp³-hybridized carbons (Fsp3) is 0.542. The number of carbonyl (C=O) groups is 1. The van der Waals surface area contributed by atoms with Crippen molar-refractivity contribution in [3.8, 4) is 0 Å². The van der Waals surface area contributed by atoms with Crippen LogP contribution in [0.5, 0.6) is 0 Å². The zero-order valence-electron chi connectivity index (χ0n) is 19.9. The maximum absolute atomic E-state index is 13.2. The summed E-state index contributed by atoms with van der Waals surface area (Å²) in [5.74, 6) is 1.24. The SMILES string of the molecule is Cc1noc(C)c1S(=O)(=O)N1CCC(c2ccn3ncc(C(=O)N4CCC(C)CC4)c3c2)CC1. The van der Waals surface area contributed by atoms with Crippen LogP contribution in [0.1, 0.15) is 65.9 Å². The van der Waals surface area contributed by atoms with Crippen molar-refractivity contribution in [1.82, 2.24) is 24.0 Å². The lowest BCUT2D eigenvalue weighted by atomic mass is 9.90. The Labute approximate surface area is 199 Å². The lowest BCUT2D eigenvalue weighted by molar-refractivity contribution is 0.0699. The van der Waals surface area contributed by atoms with Crippen molar-refractivity contribution in [2.45, 2.75) is 57.3 Å². The van der Waals surface area contributed by atoms with E-state index in [1.807, 2.05) is 17.2 Å². The summed E-state index contributed by atoms with van der Waals surface area (Å²) in [4.78, 5) is 15.3. The fourth-order valence-corrected chi connectivity index (χ4v) is 6.96. The normalized spacial score (nSPS) is 19.2. The van der Waals surface area contributed by atoms with Crippen molar-refractivity contribution in [2.75, 3.05) is 26.2 Å². The molecular formula is C24H31N5O4S. The van der Waals surface area contributed by atoms with Crippen LogP contribution in [0.3, 0.4) is 0 Å². The number of fused-ring (bicyclic) bond motifs is 1. The summed E-state index contributed by atoms with van der Waals surface area (Å²) in [7, 11) is -3.63. The number of aromatic nitrogens is 3. The quantitative estimate of drug-likeness (QED) is 0.562. The van der Waals surface area contributed by atoms with Crippen molar-refractivity contribution < 1.29 is 17.7 Å². The molecule has 0 aliphatic carbocycles. The Hall–Kier alpha value is -2.72. The second kappa shape index (κ2) is 8.81. The number of hydrogen-bond donors (Lipinski definition) is 0. The average Bonchev–Trinajstić information content (AvgIpc) is 3.41. The van der Waals surface area contributed by atoms with Gasteiger partial charge in [-0.1, -0.05) is 12.1 Å². The minimum absolute atomic E-state index is 0.0411. The maximum atomic E-state index is 13.2. The molecule has 0 unspecified atom stereocenters. The summed E-state index contributed by atoms with van der Waals surface area (Å²) < 4.78 is 34.6. The van der Waals surface area contributed by atoms with Gasteiger partial charge < -0.3 is 9.42 Å². The highest BCUT2D eigenvalue weighted by molar-refractivity contribution is 7.89. The summed E-state index contributed by atoms with van der Waals surface area (Å²) in [6, 6.07) is 4.08. The van der Waals surface area contributed by atoms with Gasteiger partial charge in [-0.2, -0.15) is 9.40 Å². The highest BCUT2D eigenvalue weighted by Crippen LogP contribution is 2.33. The molecule has 5 heterocycles. The van der Waals surface area contributed by atoms with Gasteiger partial charge in [0, 0.05) is 32.4 Å². The molecule has 0 bridgehead atoms. The van der Waals surface area contributed by atoms with Crippen molar-refractivity contribution >= 4 is 21.4 Å². The zero-order valence-corrected chi connectivity index (χ0v) is 20.7. The molecule has 2 saturated heterocycles. The topological polar surface area (TPSA) is 101 Å². The van der Waals surface area contributed by atoms with Crippen LogP contribution >= 0.6 is 0 Å². The molecule has 10 heteroatoms. The third-order valence-electron chi connectivity index (χ3n) is 7.34. The molecule has 3 aromatic heterocycles. The average molecular weight is 486 g/mol. The van der Waals surface area contributed by atoms with Crippen molar-refractivity contribution in [1.29, 1.82) is 0 Å².